The summed E-state index contributed by atoms with van der Waals surface area (Å²) in [6, 6.07) is 22.1. The topological polar surface area (TPSA) is 88.2 Å². The number of amides is 2. The van der Waals surface area contributed by atoms with Gasteiger partial charge >= 0.3 is 6.03 Å². The number of methoxy groups -OCH3 is 1. The van der Waals surface area contributed by atoms with Crippen LogP contribution in [0.25, 0.3) is 22.3 Å². The number of halogens is 1. The van der Waals surface area contributed by atoms with Crippen LogP contribution in [0.15, 0.2) is 72.8 Å². The predicted octanol–water partition coefficient (Wildman–Crippen LogP) is 5.19. The Morgan fingerprint density at radius 1 is 0.938 bits per heavy atom. The first-order valence-corrected chi connectivity index (χ1v) is 10.5. The average molecular weight is 448 g/mol. The molecular weight excluding hydrogens is 426 g/mol. The number of nitrogens with one attached hydrogen (secondary N) is 3. The van der Waals surface area contributed by atoms with Gasteiger partial charge in [-0.15, -0.1) is 0 Å². The molecule has 0 aliphatic carbocycles. The van der Waals surface area contributed by atoms with Crippen LogP contribution in [0.5, 0.6) is 5.75 Å². The number of carbonyl (C=O) groups excluding carboxylic acids is 1. The van der Waals surface area contributed by atoms with E-state index in [-0.39, 0.29) is 6.03 Å². The van der Waals surface area contributed by atoms with Gasteiger partial charge in [-0.25, -0.2) is 14.8 Å². The fourth-order valence-corrected chi connectivity index (χ4v) is 3.40. The molecule has 0 aliphatic rings. The van der Waals surface area contributed by atoms with Gasteiger partial charge in [-0.1, -0.05) is 35.9 Å². The number of hydrogen-bond acceptors (Lipinski definition) is 5. The maximum absolute atomic E-state index is 12.1. The number of rotatable bonds is 7. The molecule has 0 spiro atoms. The minimum atomic E-state index is -0.290. The van der Waals surface area contributed by atoms with E-state index in [0.29, 0.717) is 35.4 Å². The Morgan fingerprint density at radius 2 is 1.69 bits per heavy atom. The maximum atomic E-state index is 12.1. The van der Waals surface area contributed by atoms with E-state index >= 15 is 0 Å². The van der Waals surface area contributed by atoms with E-state index in [1.165, 1.54) is 0 Å². The summed E-state index contributed by atoms with van der Waals surface area (Å²) in [5.41, 5.74) is 2.26. The van der Waals surface area contributed by atoms with Crippen molar-refractivity contribution in [3.05, 3.63) is 77.8 Å². The van der Waals surface area contributed by atoms with E-state index in [2.05, 4.69) is 25.9 Å². The van der Waals surface area contributed by atoms with Crippen molar-refractivity contribution in [3.8, 4) is 17.1 Å². The van der Waals surface area contributed by atoms with Crippen molar-refractivity contribution >= 4 is 40.0 Å². The third-order valence-corrected chi connectivity index (χ3v) is 5.10. The lowest BCUT2D eigenvalue weighted by Gasteiger charge is -2.12. The van der Waals surface area contributed by atoms with E-state index in [9.17, 15) is 4.79 Å². The number of benzene rings is 3. The van der Waals surface area contributed by atoms with Crippen molar-refractivity contribution in [2.75, 3.05) is 30.8 Å². The van der Waals surface area contributed by atoms with Crippen molar-refractivity contribution in [2.45, 2.75) is 0 Å². The fourth-order valence-electron chi connectivity index (χ4n) is 3.18. The summed E-state index contributed by atoms with van der Waals surface area (Å²) < 4.78 is 5.11. The first kappa shape index (κ1) is 21.4. The summed E-state index contributed by atoms with van der Waals surface area (Å²) in [5, 5.41) is 10.4. The quantitative estimate of drug-likeness (QED) is 0.339. The molecule has 0 bridgehead atoms. The Kier molecular flexibility index (Phi) is 6.67. The lowest BCUT2D eigenvalue weighted by atomic mass is 10.2. The molecular formula is C24H22ClN5O2. The van der Waals surface area contributed by atoms with Crippen LogP contribution in [0.2, 0.25) is 5.02 Å². The molecule has 4 rings (SSSR count). The van der Waals surface area contributed by atoms with E-state index in [0.717, 1.165) is 22.2 Å². The van der Waals surface area contributed by atoms with Gasteiger partial charge in [0.15, 0.2) is 5.82 Å². The summed E-state index contributed by atoms with van der Waals surface area (Å²) in [7, 11) is 1.60. The van der Waals surface area contributed by atoms with Crippen LogP contribution in [-0.4, -0.2) is 36.2 Å². The van der Waals surface area contributed by atoms with Gasteiger partial charge in [-0.05, 0) is 48.5 Å². The summed E-state index contributed by atoms with van der Waals surface area (Å²) in [6.45, 7) is 0.890. The van der Waals surface area contributed by atoms with Gasteiger partial charge in [0.05, 0.1) is 17.6 Å². The number of nitrogens with zero attached hydrogens (tertiary/aromatic N) is 2. The Balaban J connectivity index is 1.41. The summed E-state index contributed by atoms with van der Waals surface area (Å²) in [4.78, 5) is 21.5. The number of anilines is 2. The minimum Gasteiger partial charge on any atom is -0.497 e. The van der Waals surface area contributed by atoms with E-state index in [1.54, 1.807) is 31.4 Å². The average Bonchev–Trinajstić information content (AvgIpc) is 2.82. The first-order valence-electron chi connectivity index (χ1n) is 10.1. The number of urea groups is 1. The zero-order valence-corrected chi connectivity index (χ0v) is 18.2. The van der Waals surface area contributed by atoms with Crippen molar-refractivity contribution in [2.24, 2.45) is 0 Å². The van der Waals surface area contributed by atoms with E-state index in [4.69, 9.17) is 16.3 Å². The molecule has 0 aliphatic heterocycles. The molecule has 162 valence electrons. The predicted molar refractivity (Wildman–Crippen MR) is 128 cm³/mol. The molecule has 0 atom stereocenters. The van der Waals surface area contributed by atoms with Gasteiger partial charge in [0.2, 0.25) is 0 Å². The minimum absolute atomic E-state index is 0.290. The smallest absolute Gasteiger partial charge is 0.319 e. The van der Waals surface area contributed by atoms with Crippen LogP contribution in [0.1, 0.15) is 0 Å². The molecule has 0 saturated heterocycles. The Morgan fingerprint density at radius 3 is 2.47 bits per heavy atom. The maximum Gasteiger partial charge on any atom is 0.319 e. The largest absolute Gasteiger partial charge is 0.497 e. The molecule has 0 saturated carbocycles. The lowest BCUT2D eigenvalue weighted by molar-refractivity contribution is 0.252. The number of para-hydroxylation sites is 1. The van der Waals surface area contributed by atoms with Gasteiger partial charge in [-0.2, -0.15) is 0 Å². The van der Waals surface area contributed by atoms with Crippen molar-refractivity contribution < 1.29 is 9.53 Å². The molecule has 3 N–H and O–H groups in total. The van der Waals surface area contributed by atoms with Crippen LogP contribution in [0, 0.1) is 0 Å². The van der Waals surface area contributed by atoms with Crippen LogP contribution in [0.4, 0.5) is 16.3 Å². The Hall–Kier alpha value is -3.84. The fraction of sp³-hybridized carbons (Fsp3) is 0.125. The Bertz CT molecular complexity index is 1230. The van der Waals surface area contributed by atoms with Gasteiger partial charge in [0.25, 0.3) is 0 Å². The van der Waals surface area contributed by atoms with Gasteiger partial charge < -0.3 is 20.7 Å². The van der Waals surface area contributed by atoms with Gasteiger partial charge in [0.1, 0.15) is 11.6 Å². The van der Waals surface area contributed by atoms with Crippen LogP contribution < -0.4 is 20.7 Å². The zero-order chi connectivity index (χ0) is 22.3. The number of hydrogen-bond donors (Lipinski definition) is 3. The summed E-state index contributed by atoms with van der Waals surface area (Å²) in [5.74, 6) is 1.96. The highest BCUT2D eigenvalue weighted by molar-refractivity contribution is 6.33. The second-order valence-electron chi connectivity index (χ2n) is 6.93. The second kappa shape index (κ2) is 9.98. The van der Waals surface area contributed by atoms with E-state index in [1.807, 2.05) is 48.5 Å². The SMILES string of the molecule is COc1ccc(NC(=O)NCCNc2nc(-c3ccccc3Cl)nc3ccccc23)cc1. The third kappa shape index (κ3) is 5.07. The van der Waals surface area contributed by atoms with Crippen molar-refractivity contribution in [3.63, 3.8) is 0 Å². The second-order valence-corrected chi connectivity index (χ2v) is 7.34. The summed E-state index contributed by atoms with van der Waals surface area (Å²) >= 11 is 6.35. The van der Waals surface area contributed by atoms with Crippen LogP contribution >= 0.6 is 11.6 Å². The van der Waals surface area contributed by atoms with Gasteiger partial charge in [0, 0.05) is 29.7 Å². The number of ether oxygens (including phenoxy) is 1. The molecule has 1 aromatic heterocycles. The Labute approximate surface area is 190 Å². The highest BCUT2D eigenvalue weighted by Crippen LogP contribution is 2.29. The monoisotopic (exact) mass is 447 g/mol. The number of aromatic nitrogens is 2. The zero-order valence-electron chi connectivity index (χ0n) is 17.4. The molecule has 2 amide bonds. The normalized spacial score (nSPS) is 10.6. The molecule has 1 heterocycles. The van der Waals surface area contributed by atoms with E-state index < -0.39 is 0 Å². The number of carbonyl (C=O) groups is 1. The molecule has 3 aromatic carbocycles. The molecule has 0 radical (unpaired) electrons. The standard InChI is InChI=1S/C24H22ClN5O2/c1-32-17-12-10-16(11-13-17)28-24(31)27-15-14-26-22-19-7-3-5-9-21(19)29-23(30-22)18-6-2-4-8-20(18)25/h2-13H,14-15H2,1H3,(H,26,29,30)(H2,27,28,31). The molecule has 32 heavy (non-hydrogen) atoms. The van der Waals surface area contributed by atoms with Crippen molar-refractivity contribution in [1.82, 2.24) is 15.3 Å². The molecule has 0 unspecified atom stereocenters. The lowest BCUT2D eigenvalue weighted by Crippen LogP contribution is -2.32. The van der Waals surface area contributed by atoms with Crippen LogP contribution in [0.3, 0.4) is 0 Å². The molecule has 7 nitrogen and oxygen atoms in total. The number of fused-ring (bicyclic) bond motifs is 1. The third-order valence-electron chi connectivity index (χ3n) is 4.77. The highest BCUT2D eigenvalue weighted by atomic mass is 35.5. The molecule has 4 aromatic rings. The molecule has 8 heteroatoms. The van der Waals surface area contributed by atoms with Crippen molar-refractivity contribution in [1.29, 1.82) is 0 Å². The molecule has 0 fully saturated rings. The highest BCUT2D eigenvalue weighted by Gasteiger charge is 2.11. The van der Waals surface area contributed by atoms with Gasteiger partial charge in [-0.3, -0.25) is 0 Å². The first-order chi connectivity index (χ1) is 15.6. The van der Waals surface area contributed by atoms with Crippen LogP contribution in [-0.2, 0) is 0 Å². The summed E-state index contributed by atoms with van der Waals surface area (Å²) in [6.07, 6.45) is 0.